The second-order valence-corrected chi connectivity index (χ2v) is 3.67. The van der Waals surface area contributed by atoms with Crippen LogP contribution in [0.15, 0.2) is 0 Å². The summed E-state index contributed by atoms with van der Waals surface area (Å²) in [5.41, 5.74) is 0. The van der Waals surface area contributed by atoms with Gasteiger partial charge in [-0.15, -0.1) is 12.4 Å². The van der Waals surface area contributed by atoms with E-state index in [1.807, 2.05) is 6.26 Å². The second kappa shape index (κ2) is 11.1. The number of hydrogen-bond donors (Lipinski definition) is 3. The van der Waals surface area contributed by atoms with Gasteiger partial charge in [-0.2, -0.15) is 11.8 Å². The summed E-state index contributed by atoms with van der Waals surface area (Å²) in [5, 5.41) is 14.3. The van der Waals surface area contributed by atoms with Gasteiger partial charge < -0.3 is 15.7 Å². The van der Waals surface area contributed by atoms with Crippen LogP contribution in [0.25, 0.3) is 0 Å². The van der Waals surface area contributed by atoms with E-state index in [0.717, 1.165) is 5.75 Å². The van der Waals surface area contributed by atoms with Gasteiger partial charge in [0.25, 0.3) is 0 Å². The molecule has 0 rings (SSSR count). The van der Waals surface area contributed by atoms with Gasteiger partial charge >= 0.3 is 0 Å². The lowest BCUT2D eigenvalue weighted by Gasteiger charge is -2.16. The summed E-state index contributed by atoms with van der Waals surface area (Å²) < 4.78 is 0. The van der Waals surface area contributed by atoms with E-state index in [1.165, 1.54) is 0 Å². The molecule has 0 aromatic rings. The third kappa shape index (κ3) is 8.62. The lowest BCUT2D eigenvalue weighted by Crippen LogP contribution is -2.41. The van der Waals surface area contributed by atoms with E-state index in [-0.39, 0.29) is 31.0 Å². The summed E-state index contributed by atoms with van der Waals surface area (Å²) in [5.74, 6) is 0.825. The van der Waals surface area contributed by atoms with E-state index in [1.54, 1.807) is 18.8 Å². The Balaban J connectivity index is 0. The van der Waals surface area contributed by atoms with Crippen LogP contribution in [0.1, 0.15) is 6.42 Å². The molecule has 1 amide bonds. The van der Waals surface area contributed by atoms with E-state index in [0.29, 0.717) is 13.0 Å². The Bertz CT molecular complexity index is 143. The van der Waals surface area contributed by atoms with Crippen LogP contribution >= 0.6 is 24.2 Å². The number of rotatable bonds is 7. The lowest BCUT2D eigenvalue weighted by molar-refractivity contribution is -0.120. The number of amides is 1. The molecular weight excluding hydrogens is 224 g/mol. The van der Waals surface area contributed by atoms with Gasteiger partial charge in [-0.05, 0) is 19.7 Å². The standard InChI is InChI=1S/C8H18N2O2S.ClH/c1-9-5-8(12)10-7(3-4-11)6-13-2;/h7,9,11H,3-6H2,1-2H3,(H,10,12);1H. The van der Waals surface area contributed by atoms with Gasteiger partial charge in [-0.3, -0.25) is 4.79 Å². The Hall–Kier alpha value is 0.0300. The Morgan fingerprint density at radius 2 is 2.21 bits per heavy atom. The molecule has 0 aliphatic rings. The minimum atomic E-state index is -0.0185. The summed E-state index contributed by atoms with van der Waals surface area (Å²) in [6.07, 6.45) is 2.60. The first-order valence-electron chi connectivity index (χ1n) is 4.28. The van der Waals surface area contributed by atoms with Gasteiger partial charge in [0.05, 0.1) is 6.54 Å². The first-order valence-corrected chi connectivity index (χ1v) is 5.67. The summed E-state index contributed by atoms with van der Waals surface area (Å²) in [6.45, 7) is 0.446. The molecular formula is C8H19ClN2O2S. The number of likely N-dealkylation sites (N-methyl/N-ethyl adjacent to an activating group) is 1. The van der Waals surface area contributed by atoms with E-state index in [2.05, 4.69) is 10.6 Å². The molecule has 0 aliphatic carbocycles. The molecule has 6 heteroatoms. The van der Waals surface area contributed by atoms with Gasteiger partial charge in [0.2, 0.25) is 5.91 Å². The van der Waals surface area contributed by atoms with E-state index in [9.17, 15) is 4.79 Å². The lowest BCUT2D eigenvalue weighted by atomic mass is 10.2. The van der Waals surface area contributed by atoms with Gasteiger partial charge in [-0.1, -0.05) is 0 Å². The molecule has 1 atom stereocenters. The van der Waals surface area contributed by atoms with Gasteiger partial charge in [-0.25, -0.2) is 0 Å². The smallest absolute Gasteiger partial charge is 0.234 e. The molecule has 0 spiro atoms. The van der Waals surface area contributed by atoms with Crippen LogP contribution in [0.3, 0.4) is 0 Å². The maximum atomic E-state index is 11.1. The Kier molecular flexibility index (Phi) is 13.1. The van der Waals surface area contributed by atoms with Crippen molar-refractivity contribution in [2.75, 3.05) is 32.2 Å². The molecule has 0 aliphatic heterocycles. The number of aliphatic hydroxyl groups excluding tert-OH is 1. The second-order valence-electron chi connectivity index (χ2n) is 2.76. The zero-order chi connectivity index (χ0) is 10.1. The quantitative estimate of drug-likeness (QED) is 0.582. The number of halogens is 1. The average molecular weight is 243 g/mol. The van der Waals surface area contributed by atoms with E-state index in [4.69, 9.17) is 5.11 Å². The van der Waals surface area contributed by atoms with Gasteiger partial charge in [0, 0.05) is 18.4 Å². The Morgan fingerprint density at radius 1 is 1.57 bits per heavy atom. The molecule has 86 valence electrons. The van der Waals surface area contributed by atoms with Crippen LogP contribution in [-0.2, 0) is 4.79 Å². The van der Waals surface area contributed by atoms with Gasteiger partial charge in [0.1, 0.15) is 0 Å². The molecule has 0 fully saturated rings. The number of hydrogen-bond acceptors (Lipinski definition) is 4. The minimum Gasteiger partial charge on any atom is -0.396 e. The van der Waals surface area contributed by atoms with Crippen molar-refractivity contribution in [1.29, 1.82) is 0 Å². The number of nitrogens with one attached hydrogen (secondary N) is 2. The Morgan fingerprint density at radius 3 is 2.64 bits per heavy atom. The highest BCUT2D eigenvalue weighted by Gasteiger charge is 2.09. The SMILES string of the molecule is CNCC(=O)NC(CCO)CSC.Cl. The summed E-state index contributed by atoms with van der Waals surface area (Å²) >= 11 is 1.66. The zero-order valence-corrected chi connectivity index (χ0v) is 10.2. The van der Waals surface area contributed by atoms with Crippen molar-refractivity contribution in [2.45, 2.75) is 12.5 Å². The van der Waals surface area contributed by atoms with Crippen LogP contribution < -0.4 is 10.6 Å². The van der Waals surface area contributed by atoms with Crippen molar-refractivity contribution in [3.8, 4) is 0 Å². The first kappa shape index (κ1) is 16.5. The van der Waals surface area contributed by atoms with E-state index < -0.39 is 0 Å². The van der Waals surface area contributed by atoms with Gasteiger partial charge in [0.15, 0.2) is 0 Å². The molecule has 0 saturated carbocycles. The normalized spacial score (nSPS) is 11.6. The zero-order valence-electron chi connectivity index (χ0n) is 8.58. The first-order chi connectivity index (χ1) is 6.24. The molecule has 0 radical (unpaired) electrons. The Labute approximate surface area is 95.6 Å². The van der Waals surface area contributed by atoms with Crippen LogP contribution in [0.4, 0.5) is 0 Å². The third-order valence-corrected chi connectivity index (χ3v) is 2.28. The molecule has 14 heavy (non-hydrogen) atoms. The van der Waals surface area contributed by atoms with Crippen molar-refractivity contribution >= 4 is 30.1 Å². The highest BCUT2D eigenvalue weighted by molar-refractivity contribution is 7.98. The van der Waals surface area contributed by atoms with E-state index >= 15 is 0 Å². The largest absolute Gasteiger partial charge is 0.396 e. The fourth-order valence-electron chi connectivity index (χ4n) is 0.993. The van der Waals surface area contributed by atoms with Crippen molar-refractivity contribution in [1.82, 2.24) is 10.6 Å². The van der Waals surface area contributed by atoms with Crippen LogP contribution in [0, 0.1) is 0 Å². The molecule has 4 nitrogen and oxygen atoms in total. The molecule has 0 heterocycles. The third-order valence-electron chi connectivity index (χ3n) is 1.55. The maximum Gasteiger partial charge on any atom is 0.234 e. The minimum absolute atomic E-state index is 0. The van der Waals surface area contributed by atoms with Crippen molar-refractivity contribution in [3.05, 3.63) is 0 Å². The average Bonchev–Trinajstić information content (AvgIpc) is 2.05. The van der Waals surface area contributed by atoms with Crippen molar-refractivity contribution in [3.63, 3.8) is 0 Å². The molecule has 0 aromatic carbocycles. The predicted molar refractivity (Wildman–Crippen MR) is 63.2 cm³/mol. The summed E-state index contributed by atoms with van der Waals surface area (Å²) in [4.78, 5) is 11.1. The summed E-state index contributed by atoms with van der Waals surface area (Å²) in [7, 11) is 1.73. The number of thioether (sulfide) groups is 1. The highest BCUT2D eigenvalue weighted by atomic mass is 35.5. The van der Waals surface area contributed by atoms with Crippen LogP contribution in [0.5, 0.6) is 0 Å². The molecule has 0 aromatic heterocycles. The maximum absolute atomic E-state index is 11.1. The molecule has 0 bridgehead atoms. The monoisotopic (exact) mass is 242 g/mol. The predicted octanol–water partition coefficient (Wildman–Crippen LogP) is -0.142. The molecule has 0 saturated heterocycles. The highest BCUT2D eigenvalue weighted by Crippen LogP contribution is 2.00. The molecule has 3 N–H and O–H groups in total. The molecule has 1 unspecified atom stereocenters. The van der Waals surface area contributed by atoms with Crippen molar-refractivity contribution < 1.29 is 9.90 Å². The van der Waals surface area contributed by atoms with Crippen LogP contribution in [0.2, 0.25) is 0 Å². The number of carbonyl (C=O) groups excluding carboxylic acids is 1. The van der Waals surface area contributed by atoms with Crippen molar-refractivity contribution in [2.24, 2.45) is 0 Å². The number of carbonyl (C=O) groups is 1. The summed E-state index contributed by atoms with van der Waals surface area (Å²) in [6, 6.07) is 0.0841. The fraction of sp³-hybridized carbons (Fsp3) is 0.875. The fourth-order valence-corrected chi connectivity index (χ4v) is 1.65. The number of aliphatic hydroxyl groups is 1. The van der Waals surface area contributed by atoms with Crippen LogP contribution in [-0.4, -0.2) is 49.3 Å². The topological polar surface area (TPSA) is 61.4 Å².